The summed E-state index contributed by atoms with van der Waals surface area (Å²) in [5.41, 5.74) is 1.92. The van der Waals surface area contributed by atoms with Crippen molar-refractivity contribution >= 4 is 17.4 Å². The summed E-state index contributed by atoms with van der Waals surface area (Å²) in [6.07, 6.45) is 0.838. The van der Waals surface area contributed by atoms with Gasteiger partial charge in [0.1, 0.15) is 11.5 Å². The predicted molar refractivity (Wildman–Crippen MR) is 111 cm³/mol. The van der Waals surface area contributed by atoms with Crippen molar-refractivity contribution in [2.24, 2.45) is 0 Å². The highest BCUT2D eigenvalue weighted by Crippen LogP contribution is 2.35. The molecule has 1 atom stereocenters. The zero-order valence-electron chi connectivity index (χ0n) is 16.3. The van der Waals surface area contributed by atoms with Crippen LogP contribution in [0.2, 0.25) is 0 Å². The van der Waals surface area contributed by atoms with Gasteiger partial charge in [0.15, 0.2) is 17.3 Å². The van der Waals surface area contributed by atoms with Gasteiger partial charge in [-0.15, -0.1) is 0 Å². The number of aromatic nitrogens is 2. The standard InChI is InChI=1S/C22H22N4O3/c1-3-14(2)23-22(27)17-12-20(26-21(25-17)15-7-5-4-6-8-15)24-16-9-10-18-19(11-16)29-13-28-18/h4-12,14H,3,13H2,1-2H3,(H,23,27)(H,24,25,26). The minimum Gasteiger partial charge on any atom is -0.454 e. The van der Waals surface area contributed by atoms with Crippen molar-refractivity contribution in [3.63, 3.8) is 0 Å². The molecule has 2 heterocycles. The summed E-state index contributed by atoms with van der Waals surface area (Å²) in [6, 6.07) is 16.8. The van der Waals surface area contributed by atoms with Crippen molar-refractivity contribution in [2.75, 3.05) is 12.1 Å². The molecule has 0 spiro atoms. The first-order valence-corrected chi connectivity index (χ1v) is 9.54. The number of hydrogen-bond donors (Lipinski definition) is 2. The lowest BCUT2D eigenvalue weighted by atomic mass is 10.2. The zero-order chi connectivity index (χ0) is 20.2. The molecule has 0 saturated heterocycles. The highest BCUT2D eigenvalue weighted by Gasteiger charge is 2.16. The molecule has 0 fully saturated rings. The van der Waals surface area contributed by atoms with Crippen molar-refractivity contribution in [1.82, 2.24) is 15.3 Å². The molecule has 0 saturated carbocycles. The smallest absolute Gasteiger partial charge is 0.270 e. The van der Waals surface area contributed by atoms with Crippen molar-refractivity contribution in [3.8, 4) is 22.9 Å². The Hall–Kier alpha value is -3.61. The van der Waals surface area contributed by atoms with Gasteiger partial charge >= 0.3 is 0 Å². The van der Waals surface area contributed by atoms with E-state index in [0.29, 0.717) is 28.8 Å². The van der Waals surface area contributed by atoms with E-state index in [2.05, 4.69) is 20.6 Å². The number of anilines is 2. The fourth-order valence-corrected chi connectivity index (χ4v) is 2.87. The van der Waals surface area contributed by atoms with Gasteiger partial charge < -0.3 is 20.1 Å². The fourth-order valence-electron chi connectivity index (χ4n) is 2.87. The maximum Gasteiger partial charge on any atom is 0.270 e. The number of hydrogen-bond acceptors (Lipinski definition) is 6. The molecule has 1 aliphatic heterocycles. The third kappa shape index (κ3) is 4.29. The number of rotatable bonds is 6. The van der Waals surface area contributed by atoms with E-state index in [1.54, 1.807) is 6.07 Å². The molecular formula is C22H22N4O3. The molecule has 7 heteroatoms. The second-order valence-electron chi connectivity index (χ2n) is 6.80. The summed E-state index contributed by atoms with van der Waals surface area (Å²) in [7, 11) is 0. The number of carbonyl (C=O) groups is 1. The Kier molecular flexibility index (Phi) is 5.29. The number of nitrogens with zero attached hydrogens (tertiary/aromatic N) is 2. The number of carbonyl (C=O) groups excluding carboxylic acids is 1. The van der Waals surface area contributed by atoms with Crippen LogP contribution in [0.15, 0.2) is 54.6 Å². The Balaban J connectivity index is 1.68. The third-order valence-electron chi connectivity index (χ3n) is 4.63. The van der Waals surface area contributed by atoms with E-state index in [4.69, 9.17) is 9.47 Å². The molecular weight excluding hydrogens is 368 g/mol. The average Bonchev–Trinajstić information content (AvgIpc) is 3.22. The minimum absolute atomic E-state index is 0.0582. The molecule has 1 unspecified atom stereocenters. The molecule has 1 aliphatic rings. The lowest BCUT2D eigenvalue weighted by Gasteiger charge is -2.13. The Morgan fingerprint density at radius 1 is 1.07 bits per heavy atom. The Bertz CT molecular complexity index is 1020. The summed E-state index contributed by atoms with van der Waals surface area (Å²) in [5.74, 6) is 2.14. The van der Waals surface area contributed by atoms with Crippen LogP contribution in [0, 0.1) is 0 Å². The van der Waals surface area contributed by atoms with Crippen LogP contribution in [0.25, 0.3) is 11.4 Å². The maximum absolute atomic E-state index is 12.7. The lowest BCUT2D eigenvalue weighted by Crippen LogP contribution is -2.32. The first kappa shape index (κ1) is 18.7. The third-order valence-corrected chi connectivity index (χ3v) is 4.63. The Labute approximate surface area is 169 Å². The molecule has 3 aromatic rings. The van der Waals surface area contributed by atoms with Gasteiger partial charge in [-0.2, -0.15) is 0 Å². The van der Waals surface area contributed by atoms with Crippen LogP contribution in [-0.4, -0.2) is 28.7 Å². The van der Waals surface area contributed by atoms with Gasteiger partial charge in [-0.25, -0.2) is 9.97 Å². The van der Waals surface area contributed by atoms with E-state index >= 15 is 0 Å². The Morgan fingerprint density at radius 2 is 1.86 bits per heavy atom. The predicted octanol–water partition coefficient (Wildman–Crippen LogP) is 4.14. The highest BCUT2D eigenvalue weighted by atomic mass is 16.7. The molecule has 29 heavy (non-hydrogen) atoms. The highest BCUT2D eigenvalue weighted by molar-refractivity contribution is 5.93. The van der Waals surface area contributed by atoms with Crippen LogP contribution in [0.5, 0.6) is 11.5 Å². The molecule has 0 radical (unpaired) electrons. The van der Waals surface area contributed by atoms with E-state index in [9.17, 15) is 4.79 Å². The topological polar surface area (TPSA) is 85.4 Å². The van der Waals surface area contributed by atoms with E-state index in [1.807, 2.05) is 62.4 Å². The van der Waals surface area contributed by atoms with Crippen LogP contribution in [-0.2, 0) is 0 Å². The quantitative estimate of drug-likeness (QED) is 0.658. The molecule has 1 amide bonds. The largest absolute Gasteiger partial charge is 0.454 e. The first-order valence-electron chi connectivity index (χ1n) is 9.54. The lowest BCUT2D eigenvalue weighted by molar-refractivity contribution is 0.0934. The molecule has 2 N–H and O–H groups in total. The number of amides is 1. The number of ether oxygens (including phenoxy) is 2. The van der Waals surface area contributed by atoms with Crippen LogP contribution in [0.3, 0.4) is 0 Å². The van der Waals surface area contributed by atoms with Crippen LogP contribution < -0.4 is 20.1 Å². The molecule has 0 bridgehead atoms. The number of nitrogens with one attached hydrogen (secondary N) is 2. The van der Waals surface area contributed by atoms with Crippen molar-refractivity contribution < 1.29 is 14.3 Å². The minimum atomic E-state index is -0.229. The molecule has 4 rings (SSSR count). The van der Waals surface area contributed by atoms with Gasteiger partial charge in [0, 0.05) is 29.4 Å². The second kappa shape index (κ2) is 8.18. The monoisotopic (exact) mass is 390 g/mol. The van der Waals surface area contributed by atoms with Gasteiger partial charge in [-0.05, 0) is 25.5 Å². The summed E-state index contributed by atoms with van der Waals surface area (Å²) >= 11 is 0. The summed E-state index contributed by atoms with van der Waals surface area (Å²) in [4.78, 5) is 21.8. The van der Waals surface area contributed by atoms with Crippen LogP contribution in [0.4, 0.5) is 11.5 Å². The summed E-state index contributed by atoms with van der Waals surface area (Å²) in [6.45, 7) is 4.19. The zero-order valence-corrected chi connectivity index (χ0v) is 16.3. The van der Waals surface area contributed by atoms with E-state index < -0.39 is 0 Å². The van der Waals surface area contributed by atoms with Crippen molar-refractivity contribution in [3.05, 3.63) is 60.3 Å². The second-order valence-corrected chi connectivity index (χ2v) is 6.80. The van der Waals surface area contributed by atoms with Crippen molar-refractivity contribution in [2.45, 2.75) is 26.3 Å². The van der Waals surface area contributed by atoms with Gasteiger partial charge in [0.05, 0.1) is 0 Å². The molecule has 2 aromatic carbocycles. The summed E-state index contributed by atoms with van der Waals surface area (Å²) in [5, 5.41) is 6.20. The van der Waals surface area contributed by atoms with E-state index in [-0.39, 0.29) is 18.7 Å². The number of benzene rings is 2. The summed E-state index contributed by atoms with van der Waals surface area (Å²) < 4.78 is 10.8. The molecule has 0 aliphatic carbocycles. The molecule has 148 valence electrons. The van der Waals surface area contributed by atoms with Crippen LogP contribution in [0.1, 0.15) is 30.8 Å². The van der Waals surface area contributed by atoms with E-state index in [0.717, 1.165) is 17.7 Å². The normalized spacial score (nSPS) is 13.0. The van der Waals surface area contributed by atoms with Gasteiger partial charge in [-0.3, -0.25) is 4.79 Å². The molecule has 7 nitrogen and oxygen atoms in total. The SMILES string of the molecule is CCC(C)NC(=O)c1cc(Nc2ccc3c(c2)OCO3)nc(-c2ccccc2)n1. The van der Waals surface area contributed by atoms with Crippen LogP contribution >= 0.6 is 0 Å². The average molecular weight is 390 g/mol. The van der Waals surface area contributed by atoms with Crippen molar-refractivity contribution in [1.29, 1.82) is 0 Å². The van der Waals surface area contributed by atoms with Gasteiger partial charge in [0.25, 0.3) is 5.91 Å². The Morgan fingerprint density at radius 3 is 2.66 bits per heavy atom. The molecule has 1 aromatic heterocycles. The fraction of sp³-hybridized carbons (Fsp3) is 0.227. The number of fused-ring (bicyclic) bond motifs is 1. The van der Waals surface area contributed by atoms with Gasteiger partial charge in [0.2, 0.25) is 6.79 Å². The first-order chi connectivity index (χ1) is 14.1. The van der Waals surface area contributed by atoms with E-state index in [1.165, 1.54) is 0 Å². The maximum atomic E-state index is 12.7. The van der Waals surface area contributed by atoms with Gasteiger partial charge in [-0.1, -0.05) is 37.3 Å².